The van der Waals surface area contributed by atoms with Gasteiger partial charge in [0.15, 0.2) is 6.61 Å². The largest absolute Gasteiger partial charge is 0.483 e. The highest BCUT2D eigenvalue weighted by Gasteiger charge is 2.22. The number of nitrogens with one attached hydrogen (secondary N) is 3. The van der Waals surface area contributed by atoms with Crippen LogP contribution >= 0.6 is 0 Å². The minimum absolute atomic E-state index is 0.0388. The average Bonchev–Trinajstić information content (AvgIpc) is 2.96. The highest BCUT2D eigenvalue weighted by molar-refractivity contribution is 5.94. The van der Waals surface area contributed by atoms with Crippen LogP contribution in [0.15, 0.2) is 66.7 Å². The van der Waals surface area contributed by atoms with Crippen molar-refractivity contribution in [2.45, 2.75) is 59.1 Å². The highest BCUT2D eigenvalue weighted by atomic mass is 19.1. The van der Waals surface area contributed by atoms with E-state index in [2.05, 4.69) is 16.0 Å². The number of carbonyl (C=O) groups is 4. The van der Waals surface area contributed by atoms with Crippen molar-refractivity contribution in [3.05, 3.63) is 89.5 Å². The van der Waals surface area contributed by atoms with Crippen LogP contribution in [0.4, 0.5) is 25.0 Å². The number of esters is 1. The number of benzene rings is 3. The molecule has 3 aromatic rings. The maximum atomic E-state index is 13.7. The molecule has 0 aromatic heterocycles. The molecule has 1 atom stereocenters. The second-order valence-corrected chi connectivity index (χ2v) is 12.4. The standard InChI is InChI=1S/C35H42F2N4O6/c1-22(2)14-29(28-12-7-8-13-30(28)46-21-32(43)41(6)27-18-24(36)17-25(37)19-27)40-31(42)20-38-34(45)39-26-11-9-10-23(15-26)16-33(44)47-35(3,4)5/h7-13,15,17-19,22,29H,14,16,20-21H2,1-6H3,(H,40,42)(H2,38,39,45). The van der Waals surface area contributed by atoms with Gasteiger partial charge < -0.3 is 30.3 Å². The van der Waals surface area contributed by atoms with E-state index in [0.29, 0.717) is 35.1 Å². The molecule has 0 aliphatic heterocycles. The molecule has 0 aliphatic rings. The van der Waals surface area contributed by atoms with E-state index in [9.17, 15) is 28.0 Å². The molecule has 3 rings (SSSR count). The van der Waals surface area contributed by atoms with Crippen molar-refractivity contribution in [2.75, 3.05) is 30.4 Å². The maximum Gasteiger partial charge on any atom is 0.319 e. The summed E-state index contributed by atoms with van der Waals surface area (Å²) in [4.78, 5) is 51.6. The highest BCUT2D eigenvalue weighted by Crippen LogP contribution is 2.30. The van der Waals surface area contributed by atoms with Crippen LogP contribution in [0.25, 0.3) is 0 Å². The molecule has 0 heterocycles. The number of rotatable bonds is 13. The van der Waals surface area contributed by atoms with Gasteiger partial charge in [-0.15, -0.1) is 0 Å². The Balaban J connectivity index is 1.60. The molecule has 1 unspecified atom stereocenters. The van der Waals surface area contributed by atoms with Crippen molar-refractivity contribution in [1.29, 1.82) is 0 Å². The fraction of sp³-hybridized carbons (Fsp3) is 0.371. The van der Waals surface area contributed by atoms with Crippen molar-refractivity contribution < 1.29 is 37.4 Å². The lowest BCUT2D eigenvalue weighted by Crippen LogP contribution is -2.40. The second-order valence-electron chi connectivity index (χ2n) is 12.4. The molecular formula is C35H42F2N4O6. The van der Waals surface area contributed by atoms with Crippen molar-refractivity contribution in [3.8, 4) is 5.75 Å². The molecule has 10 nitrogen and oxygen atoms in total. The first-order chi connectivity index (χ1) is 22.1. The number of hydrogen-bond acceptors (Lipinski definition) is 6. The lowest BCUT2D eigenvalue weighted by molar-refractivity contribution is -0.153. The lowest BCUT2D eigenvalue weighted by atomic mass is 9.96. The van der Waals surface area contributed by atoms with E-state index in [1.807, 2.05) is 13.8 Å². The van der Waals surface area contributed by atoms with E-state index in [1.165, 1.54) is 7.05 Å². The van der Waals surface area contributed by atoms with Crippen LogP contribution in [0.1, 0.15) is 58.2 Å². The van der Waals surface area contributed by atoms with E-state index >= 15 is 0 Å². The Labute approximate surface area is 273 Å². The number of nitrogens with zero attached hydrogens (tertiary/aromatic N) is 1. The SMILES string of the molecule is CC(C)CC(NC(=O)CNC(=O)Nc1cccc(CC(=O)OC(C)(C)C)c1)c1ccccc1OCC(=O)N(C)c1cc(F)cc(F)c1. The van der Waals surface area contributed by atoms with Gasteiger partial charge in [-0.3, -0.25) is 14.4 Å². The summed E-state index contributed by atoms with van der Waals surface area (Å²) in [6, 6.07) is 15.3. The molecule has 0 fully saturated rings. The van der Waals surface area contributed by atoms with Gasteiger partial charge in [-0.1, -0.05) is 44.2 Å². The Morgan fingerprint density at radius 2 is 1.60 bits per heavy atom. The first-order valence-electron chi connectivity index (χ1n) is 15.2. The summed E-state index contributed by atoms with van der Waals surface area (Å²) in [6.07, 6.45) is 0.566. The number of urea groups is 1. The molecule has 3 N–H and O–H groups in total. The molecule has 0 spiro atoms. The molecule has 47 heavy (non-hydrogen) atoms. The van der Waals surface area contributed by atoms with Gasteiger partial charge in [0.05, 0.1) is 19.0 Å². The topological polar surface area (TPSA) is 126 Å². The summed E-state index contributed by atoms with van der Waals surface area (Å²) in [7, 11) is 1.39. The van der Waals surface area contributed by atoms with Crippen LogP contribution in [0, 0.1) is 17.6 Å². The normalized spacial score (nSPS) is 11.8. The number of halogens is 2. The van der Waals surface area contributed by atoms with Crippen LogP contribution in [0.2, 0.25) is 0 Å². The molecule has 0 saturated heterocycles. The van der Waals surface area contributed by atoms with E-state index in [1.54, 1.807) is 69.3 Å². The molecule has 4 amide bonds. The molecule has 0 aliphatic carbocycles. The number of amides is 4. The predicted octanol–water partition coefficient (Wildman–Crippen LogP) is 5.92. The van der Waals surface area contributed by atoms with Gasteiger partial charge in [-0.2, -0.15) is 0 Å². The zero-order valence-corrected chi connectivity index (χ0v) is 27.5. The fourth-order valence-electron chi connectivity index (χ4n) is 4.63. The molecule has 12 heteroatoms. The quantitative estimate of drug-likeness (QED) is 0.197. The van der Waals surface area contributed by atoms with Gasteiger partial charge in [0.1, 0.15) is 23.0 Å². The Morgan fingerprint density at radius 3 is 2.26 bits per heavy atom. The molecular weight excluding hydrogens is 610 g/mol. The molecule has 252 valence electrons. The smallest absolute Gasteiger partial charge is 0.319 e. The number of carbonyl (C=O) groups excluding carboxylic acids is 4. The summed E-state index contributed by atoms with van der Waals surface area (Å²) >= 11 is 0. The third-order valence-corrected chi connectivity index (χ3v) is 6.66. The molecule has 3 aromatic carbocycles. The van der Waals surface area contributed by atoms with Gasteiger partial charge in [-0.25, -0.2) is 13.6 Å². The van der Waals surface area contributed by atoms with Crippen LogP contribution in [0.3, 0.4) is 0 Å². The van der Waals surface area contributed by atoms with Crippen molar-refractivity contribution in [2.24, 2.45) is 5.92 Å². The number of ether oxygens (including phenoxy) is 2. The van der Waals surface area contributed by atoms with Crippen molar-refractivity contribution in [1.82, 2.24) is 10.6 Å². The van der Waals surface area contributed by atoms with Crippen molar-refractivity contribution >= 4 is 35.2 Å². The maximum absolute atomic E-state index is 13.7. The summed E-state index contributed by atoms with van der Waals surface area (Å²) in [6.45, 7) is 8.58. The van der Waals surface area contributed by atoms with E-state index < -0.39 is 53.7 Å². The summed E-state index contributed by atoms with van der Waals surface area (Å²) in [5.74, 6) is -2.50. The lowest BCUT2D eigenvalue weighted by Gasteiger charge is -2.24. The van der Waals surface area contributed by atoms with Gasteiger partial charge in [-0.05, 0) is 69.0 Å². The molecule has 0 radical (unpaired) electrons. The zero-order chi connectivity index (χ0) is 34.7. The summed E-state index contributed by atoms with van der Waals surface area (Å²) in [5, 5.41) is 8.13. The third kappa shape index (κ3) is 12.4. The Bertz CT molecular complexity index is 1550. The Morgan fingerprint density at radius 1 is 0.915 bits per heavy atom. The number of anilines is 2. The van der Waals surface area contributed by atoms with Crippen LogP contribution < -0.4 is 25.6 Å². The third-order valence-electron chi connectivity index (χ3n) is 6.66. The molecule has 0 bridgehead atoms. The fourth-order valence-corrected chi connectivity index (χ4v) is 4.63. The van der Waals surface area contributed by atoms with Crippen LogP contribution in [-0.4, -0.2) is 49.6 Å². The second kappa shape index (κ2) is 16.5. The minimum Gasteiger partial charge on any atom is -0.483 e. The van der Waals surface area contributed by atoms with Crippen molar-refractivity contribution in [3.63, 3.8) is 0 Å². The minimum atomic E-state index is -0.811. The first kappa shape index (κ1) is 36.5. The predicted molar refractivity (Wildman–Crippen MR) is 175 cm³/mol. The van der Waals surface area contributed by atoms with Crippen LogP contribution in [0.5, 0.6) is 5.75 Å². The Kier molecular flexibility index (Phi) is 12.8. The van der Waals surface area contributed by atoms with E-state index in [-0.39, 0.29) is 24.6 Å². The summed E-state index contributed by atoms with van der Waals surface area (Å²) < 4.78 is 38.5. The van der Waals surface area contributed by atoms with Crippen LogP contribution in [-0.2, 0) is 25.5 Å². The van der Waals surface area contributed by atoms with Gasteiger partial charge in [0.2, 0.25) is 5.91 Å². The average molecular weight is 653 g/mol. The number of hydrogen-bond donors (Lipinski definition) is 3. The number of likely N-dealkylation sites (N-methyl/N-ethyl adjacent to an activating group) is 1. The molecule has 0 saturated carbocycles. The van der Waals surface area contributed by atoms with Gasteiger partial charge in [0, 0.05) is 30.1 Å². The zero-order valence-electron chi connectivity index (χ0n) is 27.5. The Hall–Kier alpha value is -5.00. The summed E-state index contributed by atoms with van der Waals surface area (Å²) in [5.41, 5.74) is 1.15. The van der Waals surface area contributed by atoms with Gasteiger partial charge >= 0.3 is 12.0 Å². The van der Waals surface area contributed by atoms with E-state index in [4.69, 9.17) is 9.47 Å². The number of para-hydroxylation sites is 1. The first-order valence-corrected chi connectivity index (χ1v) is 15.2. The monoisotopic (exact) mass is 652 g/mol. The van der Waals surface area contributed by atoms with E-state index in [0.717, 1.165) is 17.0 Å². The van der Waals surface area contributed by atoms with Gasteiger partial charge in [0.25, 0.3) is 5.91 Å².